The molecule has 0 bridgehead atoms. The van der Waals surface area contributed by atoms with E-state index >= 15 is 4.39 Å². The fraction of sp³-hybridized carbons (Fsp3) is 0.567. The number of carbonyl (C=O) groups excluding carboxylic acids is 1. The summed E-state index contributed by atoms with van der Waals surface area (Å²) in [7, 11) is 0. The summed E-state index contributed by atoms with van der Waals surface area (Å²) in [5.74, 6) is -0.776. The van der Waals surface area contributed by atoms with Crippen LogP contribution in [-0.2, 0) is 11.2 Å². The maximum atomic E-state index is 17.8. The maximum Gasteiger partial charge on any atom is 0.193 e. The summed E-state index contributed by atoms with van der Waals surface area (Å²) in [6, 6.07) is 8.21. The molecule has 1 aromatic heterocycles. The highest BCUT2D eigenvalue weighted by Gasteiger charge is 2.72. The number of fused-ring (bicyclic) bond motifs is 6. The number of aliphatic hydroxyl groups excluding tert-OH is 1. The fourth-order valence-corrected chi connectivity index (χ4v) is 9.79. The molecule has 3 saturated carbocycles. The van der Waals surface area contributed by atoms with Crippen LogP contribution < -0.4 is 0 Å². The third-order valence-corrected chi connectivity index (χ3v) is 11.3. The van der Waals surface area contributed by atoms with E-state index in [1.165, 1.54) is 12.1 Å². The lowest BCUT2D eigenvalue weighted by molar-refractivity contribution is -0.205. The summed E-state index contributed by atoms with van der Waals surface area (Å²) < 4.78 is 33.1. The van der Waals surface area contributed by atoms with Crippen molar-refractivity contribution in [2.75, 3.05) is 5.75 Å². The van der Waals surface area contributed by atoms with Crippen molar-refractivity contribution in [3.05, 3.63) is 53.1 Å². The van der Waals surface area contributed by atoms with Crippen molar-refractivity contribution < 1.29 is 18.7 Å². The molecule has 8 atom stereocenters. The van der Waals surface area contributed by atoms with Crippen LogP contribution in [0.5, 0.6) is 0 Å². The number of hydrogen-bond donors (Lipinski definition) is 1. The molecule has 5 nitrogen and oxygen atoms in total. The topological polar surface area (TPSA) is 78.9 Å². The van der Waals surface area contributed by atoms with Crippen molar-refractivity contribution in [3.8, 4) is 11.8 Å². The lowest BCUT2D eigenvalue weighted by Gasteiger charge is -2.62. The number of hydrogen-bond acceptors (Lipinski definition) is 5. The average molecular weight is 538 g/mol. The molecule has 8 heteroatoms. The molecule has 3 fully saturated rings. The third kappa shape index (κ3) is 3.37. The number of carbonyl (C=O) groups is 1. The van der Waals surface area contributed by atoms with E-state index in [9.17, 15) is 14.3 Å². The standard InChI is InChI=1S/C30H33F2N3O2S/c1-17-12-23-22-9-4-19-13-24-18(16-34-35(24)21-7-5-20(31)6-8-21)14-29(19,3)30(22,32)25(36)15-28(23,2)26(17)27(37)38-11-10-33/h5-8,13,16-17,22-23,25-26,36H,4,9,11-12,14-15H2,1-3H3. The van der Waals surface area contributed by atoms with Crippen molar-refractivity contribution in [1.82, 2.24) is 9.78 Å². The minimum absolute atomic E-state index is 0.000676. The molecular formula is C30H33F2N3O2S. The van der Waals surface area contributed by atoms with Gasteiger partial charge in [-0.3, -0.25) is 4.79 Å². The first-order valence-corrected chi connectivity index (χ1v) is 14.5. The molecule has 38 heavy (non-hydrogen) atoms. The lowest BCUT2D eigenvalue weighted by Crippen LogP contribution is -2.67. The van der Waals surface area contributed by atoms with Gasteiger partial charge in [0.05, 0.1) is 35.5 Å². The van der Waals surface area contributed by atoms with Gasteiger partial charge in [-0.2, -0.15) is 10.4 Å². The number of benzene rings is 1. The SMILES string of the molecule is CC1CC2C3CCC4=Cc5c(cnn5-c5ccc(F)cc5)CC4(C)C3(F)C(O)CC2(C)C1C(=O)SCC#N. The molecule has 0 spiro atoms. The zero-order valence-electron chi connectivity index (χ0n) is 22.0. The number of halogens is 2. The van der Waals surface area contributed by atoms with Gasteiger partial charge in [-0.05, 0) is 85.3 Å². The van der Waals surface area contributed by atoms with E-state index in [0.717, 1.165) is 47.1 Å². The minimum Gasteiger partial charge on any atom is -0.390 e. The first-order valence-electron chi connectivity index (χ1n) is 13.5. The minimum atomic E-state index is -1.83. The first kappa shape index (κ1) is 25.8. The number of aliphatic hydroxyl groups is 1. The molecule has 1 heterocycles. The molecule has 0 aliphatic heterocycles. The van der Waals surface area contributed by atoms with E-state index in [1.807, 2.05) is 19.1 Å². The monoisotopic (exact) mass is 537 g/mol. The van der Waals surface area contributed by atoms with Crippen LogP contribution in [0.15, 0.2) is 36.0 Å². The number of aromatic nitrogens is 2. The Morgan fingerprint density at radius 1 is 1.29 bits per heavy atom. The molecule has 1 N–H and O–H groups in total. The highest BCUT2D eigenvalue weighted by atomic mass is 32.2. The van der Waals surface area contributed by atoms with Gasteiger partial charge in [0.15, 0.2) is 5.12 Å². The zero-order valence-corrected chi connectivity index (χ0v) is 22.8. The van der Waals surface area contributed by atoms with E-state index < -0.39 is 22.6 Å². The van der Waals surface area contributed by atoms with Crippen molar-refractivity contribution in [2.45, 2.75) is 64.6 Å². The van der Waals surface area contributed by atoms with Gasteiger partial charge < -0.3 is 5.11 Å². The Labute approximate surface area is 226 Å². The largest absolute Gasteiger partial charge is 0.390 e. The van der Waals surface area contributed by atoms with Crippen molar-refractivity contribution in [3.63, 3.8) is 0 Å². The molecule has 2 aromatic rings. The fourth-order valence-electron chi connectivity index (χ4n) is 8.91. The molecule has 8 unspecified atom stereocenters. The third-order valence-electron chi connectivity index (χ3n) is 10.5. The predicted octanol–water partition coefficient (Wildman–Crippen LogP) is 5.90. The van der Waals surface area contributed by atoms with Gasteiger partial charge in [-0.25, -0.2) is 13.5 Å². The van der Waals surface area contributed by atoms with Crippen LogP contribution in [0.2, 0.25) is 0 Å². The molecule has 6 rings (SSSR count). The molecule has 200 valence electrons. The summed E-state index contributed by atoms with van der Waals surface area (Å²) in [6.45, 7) is 6.09. The van der Waals surface area contributed by atoms with Crippen LogP contribution in [0.4, 0.5) is 8.78 Å². The van der Waals surface area contributed by atoms with Gasteiger partial charge in [0, 0.05) is 17.3 Å². The quantitative estimate of drug-likeness (QED) is 0.527. The van der Waals surface area contributed by atoms with Crippen LogP contribution in [0.25, 0.3) is 11.8 Å². The van der Waals surface area contributed by atoms with Crippen LogP contribution >= 0.6 is 11.8 Å². The molecule has 0 amide bonds. The van der Waals surface area contributed by atoms with Gasteiger partial charge in [0.2, 0.25) is 0 Å². The Morgan fingerprint density at radius 2 is 2.03 bits per heavy atom. The average Bonchev–Trinajstić information content (AvgIpc) is 3.39. The van der Waals surface area contributed by atoms with E-state index in [-0.39, 0.29) is 46.8 Å². The van der Waals surface area contributed by atoms with Gasteiger partial charge in [0.25, 0.3) is 0 Å². The Morgan fingerprint density at radius 3 is 2.74 bits per heavy atom. The number of allylic oxidation sites excluding steroid dienone is 1. The van der Waals surface area contributed by atoms with E-state index in [4.69, 9.17) is 5.26 Å². The second-order valence-corrected chi connectivity index (χ2v) is 13.3. The Kier molecular flexibility index (Phi) is 5.94. The Hall–Kier alpha value is -2.50. The normalized spacial score (nSPS) is 39.3. The Bertz CT molecular complexity index is 1370. The number of rotatable bonds is 3. The van der Waals surface area contributed by atoms with Crippen LogP contribution in [-0.4, -0.2) is 37.5 Å². The predicted molar refractivity (Wildman–Crippen MR) is 142 cm³/mol. The summed E-state index contributed by atoms with van der Waals surface area (Å²) in [5.41, 5.74) is 0.322. The molecule has 4 aliphatic carbocycles. The van der Waals surface area contributed by atoms with Crippen LogP contribution in [0, 0.1) is 51.6 Å². The molecule has 0 radical (unpaired) electrons. The van der Waals surface area contributed by atoms with Gasteiger partial charge in [0.1, 0.15) is 11.5 Å². The van der Waals surface area contributed by atoms with Crippen LogP contribution in [0.1, 0.15) is 57.7 Å². The van der Waals surface area contributed by atoms with Gasteiger partial charge in [-0.1, -0.05) is 38.1 Å². The van der Waals surface area contributed by atoms with E-state index in [1.54, 1.807) is 23.0 Å². The maximum absolute atomic E-state index is 17.8. The van der Waals surface area contributed by atoms with E-state index in [0.29, 0.717) is 12.8 Å². The first-order chi connectivity index (χ1) is 18.0. The number of nitriles is 1. The zero-order chi connectivity index (χ0) is 27.0. The van der Waals surface area contributed by atoms with Crippen LogP contribution in [0.3, 0.4) is 0 Å². The molecule has 1 aromatic carbocycles. The second kappa shape index (κ2) is 8.76. The lowest BCUT2D eigenvalue weighted by atomic mass is 9.44. The van der Waals surface area contributed by atoms with Crippen molar-refractivity contribution in [1.29, 1.82) is 5.26 Å². The summed E-state index contributed by atoms with van der Waals surface area (Å²) >= 11 is 1.06. The Balaban J connectivity index is 1.37. The molecule has 4 aliphatic rings. The molecular weight excluding hydrogens is 504 g/mol. The molecule has 0 saturated heterocycles. The van der Waals surface area contributed by atoms with Gasteiger partial charge >= 0.3 is 0 Å². The number of alkyl halides is 1. The second-order valence-electron chi connectivity index (χ2n) is 12.3. The summed E-state index contributed by atoms with van der Waals surface area (Å²) in [4.78, 5) is 13.2. The van der Waals surface area contributed by atoms with E-state index in [2.05, 4.69) is 18.9 Å². The summed E-state index contributed by atoms with van der Waals surface area (Å²) in [6.07, 6.45) is 5.37. The highest BCUT2D eigenvalue weighted by molar-refractivity contribution is 8.13. The summed E-state index contributed by atoms with van der Waals surface area (Å²) in [5, 5.41) is 25.2. The van der Waals surface area contributed by atoms with Crippen molar-refractivity contribution >= 4 is 23.0 Å². The highest BCUT2D eigenvalue weighted by Crippen LogP contribution is 2.70. The smallest absolute Gasteiger partial charge is 0.193 e. The van der Waals surface area contributed by atoms with Crippen molar-refractivity contribution in [2.24, 2.45) is 34.5 Å². The number of thioether (sulfide) groups is 1. The van der Waals surface area contributed by atoms with Gasteiger partial charge in [-0.15, -0.1) is 0 Å². The number of nitrogens with zero attached hydrogens (tertiary/aromatic N) is 3.